The van der Waals surface area contributed by atoms with Gasteiger partial charge in [0.05, 0.1) is 12.0 Å². The van der Waals surface area contributed by atoms with Crippen molar-refractivity contribution in [3.63, 3.8) is 0 Å². The van der Waals surface area contributed by atoms with Crippen molar-refractivity contribution in [1.29, 1.82) is 0 Å². The second-order valence-corrected chi connectivity index (χ2v) is 9.81. The molecule has 31 heavy (non-hydrogen) atoms. The van der Waals surface area contributed by atoms with E-state index in [4.69, 9.17) is 4.74 Å². The van der Waals surface area contributed by atoms with E-state index >= 15 is 0 Å². The number of carbonyl (C=O) groups is 1. The van der Waals surface area contributed by atoms with E-state index in [9.17, 15) is 9.90 Å². The molecule has 2 unspecified atom stereocenters. The zero-order valence-corrected chi connectivity index (χ0v) is 19.3. The minimum atomic E-state index is -0.644. The van der Waals surface area contributed by atoms with Gasteiger partial charge in [-0.05, 0) is 86.7 Å². The van der Waals surface area contributed by atoms with E-state index in [1.54, 1.807) is 0 Å². The number of likely N-dealkylation sites (tertiary alicyclic amines) is 1. The van der Waals surface area contributed by atoms with Gasteiger partial charge in [-0.25, -0.2) is 0 Å². The van der Waals surface area contributed by atoms with E-state index < -0.39 is 5.97 Å². The second-order valence-electron chi connectivity index (χ2n) is 9.81. The van der Waals surface area contributed by atoms with Gasteiger partial charge < -0.3 is 9.84 Å². The van der Waals surface area contributed by atoms with Crippen molar-refractivity contribution >= 4 is 16.7 Å². The number of benzene rings is 2. The van der Waals surface area contributed by atoms with Crippen LogP contribution in [0.2, 0.25) is 0 Å². The molecule has 1 saturated carbocycles. The Morgan fingerprint density at radius 1 is 1.13 bits per heavy atom. The monoisotopic (exact) mass is 423 g/mol. The van der Waals surface area contributed by atoms with Crippen molar-refractivity contribution < 1.29 is 14.6 Å². The zero-order chi connectivity index (χ0) is 22.0. The highest BCUT2D eigenvalue weighted by molar-refractivity contribution is 5.90. The molecule has 4 nitrogen and oxygen atoms in total. The van der Waals surface area contributed by atoms with Gasteiger partial charge >= 0.3 is 5.97 Å². The van der Waals surface area contributed by atoms with Crippen molar-refractivity contribution in [2.75, 3.05) is 6.54 Å². The Bertz CT molecular complexity index is 916. The number of piperidine rings is 1. The summed E-state index contributed by atoms with van der Waals surface area (Å²) in [7, 11) is 0. The maximum atomic E-state index is 11.6. The first kappa shape index (κ1) is 22.1. The molecule has 1 N–H and O–H groups in total. The van der Waals surface area contributed by atoms with Crippen LogP contribution in [-0.2, 0) is 11.3 Å². The number of ether oxygens (including phenoxy) is 1. The minimum Gasteiger partial charge on any atom is -0.490 e. The molecule has 1 heterocycles. The number of carboxylic acids is 1. The molecule has 1 aliphatic heterocycles. The molecule has 4 rings (SSSR count). The highest BCUT2D eigenvalue weighted by Crippen LogP contribution is 2.37. The number of hydrogen-bond donors (Lipinski definition) is 1. The third-order valence-electron chi connectivity index (χ3n) is 7.60. The zero-order valence-electron chi connectivity index (χ0n) is 19.3. The summed E-state index contributed by atoms with van der Waals surface area (Å²) in [4.78, 5) is 14.0. The molecule has 4 heteroatoms. The summed E-state index contributed by atoms with van der Waals surface area (Å²) in [5, 5.41) is 12.1. The summed E-state index contributed by atoms with van der Waals surface area (Å²) < 4.78 is 6.67. The normalized spacial score (nSPS) is 27.3. The van der Waals surface area contributed by atoms with Gasteiger partial charge in [-0.2, -0.15) is 0 Å². The van der Waals surface area contributed by atoms with E-state index in [2.05, 4.69) is 56.0 Å². The Morgan fingerprint density at radius 3 is 2.52 bits per heavy atom. The van der Waals surface area contributed by atoms with Gasteiger partial charge in [0, 0.05) is 18.2 Å². The Hall–Kier alpha value is -2.07. The SMILES string of the molecule is CCC1CC(C(=O)O)CCN1Cc1c(OC2CCC(C)CC2)cc(C)c2ccccc12. The maximum absolute atomic E-state index is 11.6. The number of aryl methyl sites for hydroxylation is 1. The van der Waals surface area contributed by atoms with Gasteiger partial charge in [-0.1, -0.05) is 38.1 Å². The number of nitrogens with zero attached hydrogens (tertiary/aromatic N) is 1. The first-order valence-corrected chi connectivity index (χ1v) is 12.1. The molecule has 1 aliphatic carbocycles. The standard InChI is InChI=1S/C27H37NO3/c1-4-21-16-20(27(29)30)13-14-28(21)17-25-24-8-6-5-7-23(24)19(3)15-26(25)31-22-11-9-18(2)10-12-22/h5-8,15,18,20-22H,4,9-14,16-17H2,1-3H3,(H,29,30). The van der Waals surface area contributed by atoms with Crippen LogP contribution in [-0.4, -0.2) is 34.7 Å². The predicted molar refractivity (Wildman–Crippen MR) is 126 cm³/mol. The van der Waals surface area contributed by atoms with Crippen molar-refractivity contribution in [3.05, 3.63) is 41.5 Å². The molecule has 0 aromatic heterocycles. The summed E-state index contributed by atoms with van der Waals surface area (Å²) in [5.41, 5.74) is 2.53. The lowest BCUT2D eigenvalue weighted by molar-refractivity contribution is -0.144. The number of carboxylic acid groups (broad SMARTS) is 1. The number of rotatable bonds is 6. The molecule has 168 valence electrons. The summed E-state index contributed by atoms with van der Waals surface area (Å²) in [6.45, 7) is 8.35. The molecule has 2 aromatic carbocycles. The van der Waals surface area contributed by atoms with Gasteiger partial charge in [0.1, 0.15) is 5.75 Å². The predicted octanol–water partition coefficient (Wildman–Crippen LogP) is 6.18. The van der Waals surface area contributed by atoms with Crippen LogP contribution in [0.5, 0.6) is 5.75 Å². The first-order valence-electron chi connectivity index (χ1n) is 12.1. The Balaban J connectivity index is 1.65. The highest BCUT2D eigenvalue weighted by Gasteiger charge is 2.32. The molecular weight excluding hydrogens is 386 g/mol. The second kappa shape index (κ2) is 9.60. The fraction of sp³-hybridized carbons (Fsp3) is 0.593. The van der Waals surface area contributed by atoms with Crippen LogP contribution < -0.4 is 4.74 Å². The fourth-order valence-electron chi connectivity index (χ4n) is 5.54. The van der Waals surface area contributed by atoms with Crippen LogP contribution in [0.1, 0.15) is 69.9 Å². The van der Waals surface area contributed by atoms with Gasteiger partial charge in [0.2, 0.25) is 0 Å². The van der Waals surface area contributed by atoms with Gasteiger partial charge in [0.15, 0.2) is 0 Å². The average molecular weight is 424 g/mol. The smallest absolute Gasteiger partial charge is 0.306 e. The molecule has 2 aromatic rings. The summed E-state index contributed by atoms with van der Waals surface area (Å²) in [6, 6.07) is 11.2. The van der Waals surface area contributed by atoms with Gasteiger partial charge in [-0.3, -0.25) is 9.69 Å². The van der Waals surface area contributed by atoms with E-state index in [0.717, 1.165) is 56.9 Å². The molecule has 0 bridgehead atoms. The summed E-state index contributed by atoms with van der Waals surface area (Å²) in [5.74, 6) is 0.981. The van der Waals surface area contributed by atoms with Crippen molar-refractivity contribution in [2.45, 2.75) is 84.4 Å². The van der Waals surface area contributed by atoms with Crippen LogP contribution in [0.15, 0.2) is 30.3 Å². The largest absolute Gasteiger partial charge is 0.490 e. The average Bonchev–Trinajstić information content (AvgIpc) is 2.78. The van der Waals surface area contributed by atoms with E-state index in [0.29, 0.717) is 12.1 Å². The van der Waals surface area contributed by atoms with Crippen LogP contribution in [0, 0.1) is 18.8 Å². The van der Waals surface area contributed by atoms with Gasteiger partial charge in [-0.15, -0.1) is 0 Å². The molecule has 2 fully saturated rings. The quantitative estimate of drug-likeness (QED) is 0.603. The van der Waals surface area contributed by atoms with E-state index in [1.165, 1.54) is 34.7 Å². The Morgan fingerprint density at radius 2 is 1.84 bits per heavy atom. The number of fused-ring (bicyclic) bond motifs is 1. The lowest BCUT2D eigenvalue weighted by atomic mass is 9.88. The molecule has 2 aliphatic rings. The summed E-state index contributed by atoms with van der Waals surface area (Å²) in [6.07, 6.45) is 7.50. The molecule has 0 amide bonds. The fourth-order valence-corrected chi connectivity index (χ4v) is 5.54. The van der Waals surface area contributed by atoms with Crippen LogP contribution >= 0.6 is 0 Å². The third-order valence-corrected chi connectivity index (χ3v) is 7.60. The topological polar surface area (TPSA) is 49.8 Å². The molecular formula is C27H37NO3. The van der Waals surface area contributed by atoms with Crippen molar-refractivity contribution in [1.82, 2.24) is 4.90 Å². The Kier molecular flexibility index (Phi) is 6.86. The first-order chi connectivity index (χ1) is 15.0. The van der Waals surface area contributed by atoms with Crippen LogP contribution in [0.3, 0.4) is 0 Å². The lowest BCUT2D eigenvalue weighted by Gasteiger charge is -2.38. The highest BCUT2D eigenvalue weighted by atomic mass is 16.5. The lowest BCUT2D eigenvalue weighted by Crippen LogP contribution is -2.43. The third kappa shape index (κ3) is 4.90. The maximum Gasteiger partial charge on any atom is 0.306 e. The van der Waals surface area contributed by atoms with Crippen LogP contribution in [0.25, 0.3) is 10.8 Å². The van der Waals surface area contributed by atoms with E-state index in [-0.39, 0.29) is 5.92 Å². The minimum absolute atomic E-state index is 0.212. The number of aliphatic carboxylic acids is 1. The van der Waals surface area contributed by atoms with Crippen molar-refractivity contribution in [2.24, 2.45) is 11.8 Å². The molecule has 1 saturated heterocycles. The van der Waals surface area contributed by atoms with Crippen LogP contribution in [0.4, 0.5) is 0 Å². The molecule has 0 radical (unpaired) electrons. The molecule has 2 atom stereocenters. The summed E-state index contributed by atoms with van der Waals surface area (Å²) >= 11 is 0. The Labute approximate surface area is 186 Å². The number of hydrogen-bond acceptors (Lipinski definition) is 3. The van der Waals surface area contributed by atoms with Crippen molar-refractivity contribution in [3.8, 4) is 5.75 Å². The van der Waals surface area contributed by atoms with E-state index in [1.807, 2.05) is 0 Å². The molecule has 0 spiro atoms. The van der Waals surface area contributed by atoms with Gasteiger partial charge in [0.25, 0.3) is 0 Å².